The van der Waals surface area contributed by atoms with Crippen LogP contribution >= 0.6 is 48.6 Å². The smallest absolute Gasteiger partial charge is 0.416 e. The van der Waals surface area contributed by atoms with E-state index in [1.54, 1.807) is 4.90 Å². The number of carboxylic acids is 1. The number of benzene rings is 1. The maximum Gasteiger partial charge on any atom is 0.416 e. The van der Waals surface area contributed by atoms with E-state index in [0.717, 1.165) is 42.9 Å². The highest BCUT2D eigenvalue weighted by Gasteiger charge is 2.33. The van der Waals surface area contributed by atoms with Crippen LogP contribution in [0.15, 0.2) is 24.5 Å². The number of alkyl halides is 3. The van der Waals surface area contributed by atoms with Gasteiger partial charge in [-0.15, -0.1) is 37.2 Å². The SMILES string of the molecule is COC[C@@H]1CN(c2ncnc(Nc3nc(-c4cc(F)cc(C(F)(F)F)c4)c(CN4CCC[C@H]4C)s3)c2F)CCN1CCC(=O)O.Cl.Cl.Cl. The van der Waals surface area contributed by atoms with E-state index < -0.39 is 29.3 Å². The van der Waals surface area contributed by atoms with Crippen LogP contribution in [-0.2, 0) is 22.3 Å². The molecule has 0 radical (unpaired) electrons. The number of thiazole rings is 1. The van der Waals surface area contributed by atoms with Crippen LogP contribution in [0.1, 0.15) is 36.6 Å². The van der Waals surface area contributed by atoms with Crippen LogP contribution in [0.4, 0.5) is 38.7 Å². The molecule has 2 aliphatic heterocycles. The molecule has 0 bridgehead atoms. The minimum absolute atomic E-state index is 0. The lowest BCUT2D eigenvalue weighted by Gasteiger charge is -2.41. The Morgan fingerprint density at radius 2 is 1.85 bits per heavy atom. The number of carboxylic acid groups (broad SMARTS) is 1. The second-order valence-electron chi connectivity index (χ2n) is 11.2. The van der Waals surface area contributed by atoms with Gasteiger partial charge >= 0.3 is 12.1 Å². The number of piperazine rings is 1. The first kappa shape index (κ1) is 41.6. The van der Waals surface area contributed by atoms with Gasteiger partial charge in [0.05, 0.1) is 30.3 Å². The Bertz CT molecular complexity index is 1520. The molecule has 2 saturated heterocycles. The first-order chi connectivity index (χ1) is 21.4. The molecule has 0 saturated carbocycles. The molecule has 0 amide bonds. The molecule has 0 aliphatic carbocycles. The number of rotatable bonds is 11. The van der Waals surface area contributed by atoms with E-state index in [1.165, 1.54) is 13.4 Å². The van der Waals surface area contributed by atoms with Crippen LogP contribution in [0.2, 0.25) is 0 Å². The quantitative estimate of drug-likeness (QED) is 0.210. The molecular weight excluding hydrogens is 728 g/mol. The molecule has 3 aromatic rings. The highest BCUT2D eigenvalue weighted by Crippen LogP contribution is 2.39. The summed E-state index contributed by atoms with van der Waals surface area (Å²) in [5, 5.41) is 12.2. The number of anilines is 3. The maximum absolute atomic E-state index is 15.9. The van der Waals surface area contributed by atoms with Crippen molar-refractivity contribution >= 4 is 71.3 Å². The lowest BCUT2D eigenvalue weighted by atomic mass is 10.1. The van der Waals surface area contributed by atoms with Gasteiger partial charge in [0, 0.05) is 56.3 Å². The monoisotopic (exact) mass is 763 g/mol. The Labute approximate surface area is 297 Å². The normalized spacial score (nSPS) is 18.5. The van der Waals surface area contributed by atoms with Crippen LogP contribution in [0, 0.1) is 11.6 Å². The van der Waals surface area contributed by atoms with Crippen LogP contribution in [0.25, 0.3) is 11.3 Å². The molecular formula is C29H37Cl3F5N7O3S. The van der Waals surface area contributed by atoms with E-state index in [9.17, 15) is 22.4 Å². The summed E-state index contributed by atoms with van der Waals surface area (Å²) < 4.78 is 76.2. The number of likely N-dealkylation sites (tertiary alicyclic amines) is 1. The fourth-order valence-electron chi connectivity index (χ4n) is 5.78. The highest BCUT2D eigenvalue weighted by atomic mass is 35.5. The molecule has 2 fully saturated rings. The van der Waals surface area contributed by atoms with Crippen molar-refractivity contribution in [3.8, 4) is 11.3 Å². The molecule has 10 nitrogen and oxygen atoms in total. The first-order valence-electron chi connectivity index (χ1n) is 14.5. The van der Waals surface area contributed by atoms with Crippen molar-refractivity contribution in [2.75, 3.05) is 56.7 Å². The molecule has 0 spiro atoms. The van der Waals surface area contributed by atoms with Crippen molar-refractivity contribution < 1.29 is 36.6 Å². The predicted octanol–water partition coefficient (Wildman–Crippen LogP) is 6.50. The third-order valence-electron chi connectivity index (χ3n) is 8.11. The molecule has 268 valence electrons. The van der Waals surface area contributed by atoms with Gasteiger partial charge in [0.1, 0.15) is 12.1 Å². The summed E-state index contributed by atoms with van der Waals surface area (Å²) in [5.74, 6) is -2.83. The number of hydrogen-bond acceptors (Lipinski definition) is 10. The van der Waals surface area contributed by atoms with E-state index in [1.807, 2.05) is 4.90 Å². The lowest BCUT2D eigenvalue weighted by molar-refractivity contribution is -0.138. The van der Waals surface area contributed by atoms with Crippen LogP contribution in [-0.4, -0.2) is 94.4 Å². The topological polar surface area (TPSA) is 107 Å². The largest absolute Gasteiger partial charge is 0.481 e. The minimum Gasteiger partial charge on any atom is -0.481 e. The van der Waals surface area contributed by atoms with Crippen molar-refractivity contribution in [2.45, 2.75) is 51.0 Å². The number of halogens is 8. The van der Waals surface area contributed by atoms with E-state index in [-0.39, 0.29) is 83.8 Å². The molecule has 2 N–H and O–H groups in total. The first-order valence-corrected chi connectivity index (χ1v) is 15.3. The van der Waals surface area contributed by atoms with Crippen LogP contribution < -0.4 is 10.2 Å². The number of hydrogen-bond donors (Lipinski definition) is 2. The number of methoxy groups -OCH3 is 1. The van der Waals surface area contributed by atoms with Crippen molar-refractivity contribution in [1.29, 1.82) is 0 Å². The average molecular weight is 765 g/mol. The Morgan fingerprint density at radius 1 is 1.10 bits per heavy atom. The fourth-order valence-corrected chi connectivity index (χ4v) is 6.79. The predicted molar refractivity (Wildman–Crippen MR) is 180 cm³/mol. The van der Waals surface area contributed by atoms with Crippen molar-refractivity contribution in [1.82, 2.24) is 24.8 Å². The summed E-state index contributed by atoms with van der Waals surface area (Å²) in [7, 11) is 1.54. The average Bonchev–Trinajstić information content (AvgIpc) is 3.58. The summed E-state index contributed by atoms with van der Waals surface area (Å²) in [5.41, 5.74) is -0.967. The Morgan fingerprint density at radius 3 is 2.50 bits per heavy atom. The number of nitrogens with zero attached hydrogens (tertiary/aromatic N) is 6. The molecule has 1 aromatic carbocycles. The second kappa shape index (κ2) is 17.9. The second-order valence-corrected chi connectivity index (χ2v) is 12.3. The molecule has 0 unspecified atom stereocenters. The molecule has 48 heavy (non-hydrogen) atoms. The van der Waals surface area contributed by atoms with Gasteiger partial charge in [-0.05, 0) is 44.5 Å². The van der Waals surface area contributed by atoms with Gasteiger partial charge in [0.25, 0.3) is 0 Å². The fraction of sp³-hybridized carbons (Fsp3) is 0.517. The number of carbonyl (C=O) groups is 1. The third kappa shape index (κ3) is 9.98. The zero-order chi connectivity index (χ0) is 32.3. The van der Waals surface area contributed by atoms with E-state index >= 15 is 4.39 Å². The van der Waals surface area contributed by atoms with Gasteiger partial charge in [-0.25, -0.2) is 19.3 Å². The van der Waals surface area contributed by atoms with Gasteiger partial charge in [-0.2, -0.15) is 17.6 Å². The summed E-state index contributed by atoms with van der Waals surface area (Å²) in [6.07, 6.45) is -1.62. The van der Waals surface area contributed by atoms with Gasteiger partial charge in [0.15, 0.2) is 16.8 Å². The molecule has 19 heteroatoms. The summed E-state index contributed by atoms with van der Waals surface area (Å²) in [6.45, 7) is 5.08. The standard InChI is InChI=1S/C29H34F5N7O3S.3ClH/c1-17-4-3-6-40(17)14-22-25(18-10-19(29(32,33)34)12-20(30)11-18)37-28(45-22)38-26-24(31)27(36-16-35-26)41-9-8-39(7-5-23(42)43)21(13-41)15-44-2;;;/h10-12,16-17,21H,3-9,13-15H2,1-2H3,(H,42,43)(H,35,36,37,38);3*1H/t17-,21+;;;/m1.../s1. The van der Waals surface area contributed by atoms with Gasteiger partial charge in [0.2, 0.25) is 5.82 Å². The lowest BCUT2D eigenvalue weighted by Crippen LogP contribution is -2.55. The van der Waals surface area contributed by atoms with Crippen molar-refractivity contribution in [3.63, 3.8) is 0 Å². The zero-order valence-electron chi connectivity index (χ0n) is 26.0. The zero-order valence-corrected chi connectivity index (χ0v) is 29.3. The van der Waals surface area contributed by atoms with E-state index in [2.05, 4.69) is 32.1 Å². The molecule has 4 heterocycles. The third-order valence-corrected chi connectivity index (χ3v) is 9.06. The number of aromatic nitrogens is 3. The maximum atomic E-state index is 15.9. The molecule has 2 aromatic heterocycles. The number of aliphatic carboxylic acids is 1. The number of nitrogens with one attached hydrogen (secondary N) is 1. The van der Waals surface area contributed by atoms with Gasteiger partial charge < -0.3 is 20.1 Å². The van der Waals surface area contributed by atoms with Crippen molar-refractivity contribution in [2.24, 2.45) is 0 Å². The molecule has 2 atom stereocenters. The summed E-state index contributed by atoms with van der Waals surface area (Å²) >= 11 is 1.14. The Balaban J connectivity index is 0.00000267. The van der Waals surface area contributed by atoms with Crippen LogP contribution in [0.5, 0.6) is 0 Å². The Kier molecular flexibility index (Phi) is 15.5. The summed E-state index contributed by atoms with van der Waals surface area (Å²) in [4.78, 5) is 30.3. The minimum atomic E-state index is -4.75. The molecule has 2 aliphatic rings. The summed E-state index contributed by atoms with van der Waals surface area (Å²) in [6, 6.07) is 2.38. The van der Waals surface area contributed by atoms with Crippen LogP contribution in [0.3, 0.4) is 0 Å². The number of ether oxygens (including phenoxy) is 1. The molecule has 5 rings (SSSR count). The van der Waals surface area contributed by atoms with Crippen molar-refractivity contribution in [3.05, 3.63) is 46.6 Å². The van der Waals surface area contributed by atoms with Gasteiger partial charge in [-0.3, -0.25) is 14.6 Å². The van der Waals surface area contributed by atoms with E-state index in [0.29, 0.717) is 50.3 Å². The van der Waals surface area contributed by atoms with Gasteiger partial charge in [-0.1, -0.05) is 11.3 Å². The van der Waals surface area contributed by atoms with E-state index in [4.69, 9.17) is 9.84 Å². The highest BCUT2D eigenvalue weighted by molar-refractivity contribution is 7.16. The Hall–Kier alpha value is -2.60.